The number of nitrogens with zero attached hydrogens (tertiary/aromatic N) is 1. The van der Waals surface area contributed by atoms with E-state index in [0.29, 0.717) is 24.5 Å². The highest BCUT2D eigenvalue weighted by molar-refractivity contribution is 5.93. The minimum atomic E-state index is -0.558. The molecule has 1 aliphatic heterocycles. The number of benzene rings is 2. The predicted octanol–water partition coefficient (Wildman–Crippen LogP) is 2.53. The molecule has 2 aromatic rings. The standard InChI is InChI=1S/C22H24N2O5/c1-15-6-8-16(9-7-15)12-24-13-17(10-21(24)26)22(27)29-14-20(25)23-18-4-3-5-19(11-18)28-2/h3-9,11,17H,10,12-14H2,1-2H3,(H,23,25)/t17-/m1/s1. The van der Waals surface area contributed by atoms with Crippen molar-refractivity contribution in [3.63, 3.8) is 0 Å². The summed E-state index contributed by atoms with van der Waals surface area (Å²) in [5.41, 5.74) is 2.71. The first-order valence-corrected chi connectivity index (χ1v) is 9.38. The van der Waals surface area contributed by atoms with Crippen molar-refractivity contribution in [1.29, 1.82) is 0 Å². The maximum absolute atomic E-state index is 12.3. The Morgan fingerprint density at radius 2 is 1.93 bits per heavy atom. The van der Waals surface area contributed by atoms with Crippen LogP contribution in [-0.2, 0) is 25.7 Å². The quantitative estimate of drug-likeness (QED) is 0.727. The number of amides is 2. The van der Waals surface area contributed by atoms with Gasteiger partial charge in [-0.2, -0.15) is 0 Å². The van der Waals surface area contributed by atoms with E-state index >= 15 is 0 Å². The molecule has 7 heteroatoms. The predicted molar refractivity (Wildman–Crippen MR) is 107 cm³/mol. The van der Waals surface area contributed by atoms with Crippen LogP contribution in [0.5, 0.6) is 5.75 Å². The van der Waals surface area contributed by atoms with Gasteiger partial charge >= 0.3 is 5.97 Å². The number of aryl methyl sites for hydroxylation is 1. The average Bonchev–Trinajstić information content (AvgIpc) is 3.08. The van der Waals surface area contributed by atoms with Crippen molar-refractivity contribution in [3.8, 4) is 5.75 Å². The number of ether oxygens (including phenoxy) is 2. The smallest absolute Gasteiger partial charge is 0.311 e. The molecular weight excluding hydrogens is 372 g/mol. The van der Waals surface area contributed by atoms with Gasteiger partial charge in [0, 0.05) is 31.3 Å². The van der Waals surface area contributed by atoms with Crippen LogP contribution >= 0.6 is 0 Å². The van der Waals surface area contributed by atoms with Gasteiger partial charge in [-0.25, -0.2) is 0 Å². The summed E-state index contributed by atoms with van der Waals surface area (Å²) in [5, 5.41) is 2.64. The van der Waals surface area contributed by atoms with Crippen molar-refractivity contribution in [1.82, 2.24) is 4.90 Å². The Kier molecular flexibility index (Phi) is 6.49. The number of nitrogens with one attached hydrogen (secondary N) is 1. The summed E-state index contributed by atoms with van der Waals surface area (Å²) in [6, 6.07) is 14.8. The maximum Gasteiger partial charge on any atom is 0.311 e. The van der Waals surface area contributed by atoms with Crippen molar-refractivity contribution in [2.75, 3.05) is 25.6 Å². The number of likely N-dealkylation sites (tertiary alicyclic amines) is 1. The highest BCUT2D eigenvalue weighted by Gasteiger charge is 2.35. The molecule has 1 N–H and O–H groups in total. The molecule has 152 valence electrons. The molecule has 2 aromatic carbocycles. The van der Waals surface area contributed by atoms with Gasteiger partial charge in [0.05, 0.1) is 13.0 Å². The SMILES string of the molecule is COc1cccc(NC(=O)COC(=O)[C@@H]2CC(=O)N(Cc3ccc(C)cc3)C2)c1. The molecule has 2 amide bonds. The fourth-order valence-corrected chi connectivity index (χ4v) is 3.15. The fourth-order valence-electron chi connectivity index (χ4n) is 3.15. The highest BCUT2D eigenvalue weighted by atomic mass is 16.5. The molecule has 0 aliphatic carbocycles. The van der Waals surface area contributed by atoms with Gasteiger partial charge in [0.25, 0.3) is 5.91 Å². The van der Waals surface area contributed by atoms with Crippen LogP contribution in [0.15, 0.2) is 48.5 Å². The zero-order chi connectivity index (χ0) is 20.8. The van der Waals surface area contributed by atoms with Gasteiger partial charge in [-0.1, -0.05) is 35.9 Å². The van der Waals surface area contributed by atoms with E-state index in [2.05, 4.69) is 5.32 Å². The van der Waals surface area contributed by atoms with Gasteiger partial charge in [0.15, 0.2) is 6.61 Å². The lowest BCUT2D eigenvalue weighted by molar-refractivity contribution is -0.151. The molecule has 0 unspecified atom stereocenters. The van der Waals surface area contributed by atoms with Crippen LogP contribution in [0.25, 0.3) is 0 Å². The highest BCUT2D eigenvalue weighted by Crippen LogP contribution is 2.22. The van der Waals surface area contributed by atoms with E-state index in [9.17, 15) is 14.4 Å². The molecule has 0 spiro atoms. The zero-order valence-corrected chi connectivity index (χ0v) is 16.5. The van der Waals surface area contributed by atoms with Gasteiger partial charge in [-0.15, -0.1) is 0 Å². The maximum atomic E-state index is 12.3. The number of carbonyl (C=O) groups is 3. The molecule has 1 fully saturated rings. The average molecular weight is 396 g/mol. The van der Waals surface area contributed by atoms with Crippen LogP contribution in [0.2, 0.25) is 0 Å². The van der Waals surface area contributed by atoms with Crippen molar-refractivity contribution < 1.29 is 23.9 Å². The Bertz CT molecular complexity index is 894. The van der Waals surface area contributed by atoms with Crippen LogP contribution in [0.3, 0.4) is 0 Å². The van der Waals surface area contributed by atoms with E-state index < -0.39 is 24.4 Å². The molecule has 3 rings (SSSR count). The van der Waals surface area contributed by atoms with Gasteiger partial charge < -0.3 is 19.7 Å². The number of anilines is 1. The van der Waals surface area contributed by atoms with Crippen LogP contribution in [-0.4, -0.2) is 42.9 Å². The first kappa shape index (κ1) is 20.4. The molecule has 0 radical (unpaired) electrons. The number of esters is 1. The third-order valence-corrected chi connectivity index (χ3v) is 4.74. The lowest BCUT2D eigenvalue weighted by Gasteiger charge is -2.16. The van der Waals surface area contributed by atoms with Crippen LogP contribution in [0.4, 0.5) is 5.69 Å². The van der Waals surface area contributed by atoms with Gasteiger partial charge in [-0.3, -0.25) is 14.4 Å². The van der Waals surface area contributed by atoms with E-state index in [-0.39, 0.29) is 12.3 Å². The molecular formula is C22H24N2O5. The molecule has 0 saturated carbocycles. The summed E-state index contributed by atoms with van der Waals surface area (Å²) in [7, 11) is 1.54. The second kappa shape index (κ2) is 9.23. The molecule has 7 nitrogen and oxygen atoms in total. The van der Waals surface area contributed by atoms with Gasteiger partial charge in [0.2, 0.25) is 5.91 Å². The lowest BCUT2D eigenvalue weighted by Crippen LogP contribution is -2.28. The summed E-state index contributed by atoms with van der Waals surface area (Å²) in [4.78, 5) is 38.2. The first-order valence-electron chi connectivity index (χ1n) is 9.38. The second-order valence-corrected chi connectivity index (χ2v) is 7.05. The second-order valence-electron chi connectivity index (χ2n) is 7.05. The number of carbonyl (C=O) groups excluding carboxylic acids is 3. The topological polar surface area (TPSA) is 84.9 Å². The van der Waals surface area contributed by atoms with Crippen LogP contribution in [0.1, 0.15) is 17.5 Å². The fraction of sp³-hybridized carbons (Fsp3) is 0.318. The Morgan fingerprint density at radius 1 is 1.17 bits per heavy atom. The molecule has 1 saturated heterocycles. The molecule has 1 heterocycles. The monoisotopic (exact) mass is 396 g/mol. The summed E-state index contributed by atoms with van der Waals surface area (Å²) in [5.74, 6) is -1.03. The third-order valence-electron chi connectivity index (χ3n) is 4.74. The third kappa shape index (κ3) is 5.57. The largest absolute Gasteiger partial charge is 0.497 e. The molecule has 0 aromatic heterocycles. The minimum absolute atomic E-state index is 0.0895. The number of methoxy groups -OCH3 is 1. The van der Waals surface area contributed by atoms with E-state index in [0.717, 1.165) is 11.1 Å². The van der Waals surface area contributed by atoms with E-state index in [1.165, 1.54) is 7.11 Å². The minimum Gasteiger partial charge on any atom is -0.497 e. The summed E-state index contributed by atoms with van der Waals surface area (Å²) in [6.07, 6.45) is 0.0994. The summed E-state index contributed by atoms with van der Waals surface area (Å²) >= 11 is 0. The number of hydrogen-bond donors (Lipinski definition) is 1. The molecule has 1 atom stereocenters. The Labute approximate surface area is 169 Å². The lowest BCUT2D eigenvalue weighted by atomic mass is 10.1. The van der Waals surface area contributed by atoms with Crippen molar-refractivity contribution in [2.24, 2.45) is 5.92 Å². The Balaban J connectivity index is 1.47. The normalized spacial score (nSPS) is 15.9. The van der Waals surface area contributed by atoms with Crippen LogP contribution < -0.4 is 10.1 Å². The molecule has 29 heavy (non-hydrogen) atoms. The summed E-state index contributed by atoms with van der Waals surface area (Å²) < 4.78 is 10.2. The Hall–Kier alpha value is -3.35. The van der Waals surface area contributed by atoms with Crippen molar-refractivity contribution >= 4 is 23.5 Å². The number of hydrogen-bond acceptors (Lipinski definition) is 5. The first-order chi connectivity index (χ1) is 13.9. The van der Waals surface area contributed by atoms with Gasteiger partial charge in [-0.05, 0) is 24.6 Å². The van der Waals surface area contributed by atoms with Crippen molar-refractivity contribution in [3.05, 3.63) is 59.7 Å². The van der Waals surface area contributed by atoms with Crippen LogP contribution in [0, 0.1) is 12.8 Å². The zero-order valence-electron chi connectivity index (χ0n) is 16.5. The molecule has 1 aliphatic rings. The molecule has 0 bridgehead atoms. The summed E-state index contributed by atoms with van der Waals surface area (Å²) in [6.45, 7) is 2.35. The number of rotatable bonds is 7. The van der Waals surface area contributed by atoms with E-state index in [4.69, 9.17) is 9.47 Å². The Morgan fingerprint density at radius 3 is 2.66 bits per heavy atom. The van der Waals surface area contributed by atoms with Crippen molar-refractivity contribution in [2.45, 2.75) is 19.9 Å². The van der Waals surface area contributed by atoms with E-state index in [1.54, 1.807) is 29.2 Å². The van der Waals surface area contributed by atoms with Gasteiger partial charge in [0.1, 0.15) is 5.75 Å². The van der Waals surface area contributed by atoms with E-state index in [1.807, 2.05) is 31.2 Å².